The van der Waals surface area contributed by atoms with Gasteiger partial charge in [-0.2, -0.15) is 0 Å². The van der Waals surface area contributed by atoms with E-state index in [0.717, 1.165) is 19.3 Å². The third-order valence-corrected chi connectivity index (χ3v) is 3.14. The van der Waals surface area contributed by atoms with Crippen molar-refractivity contribution in [3.8, 4) is 0 Å². The highest BCUT2D eigenvalue weighted by Gasteiger charge is 2.27. The van der Waals surface area contributed by atoms with E-state index in [4.69, 9.17) is 5.11 Å². The second-order valence-electron chi connectivity index (χ2n) is 6.29. The van der Waals surface area contributed by atoms with Crippen molar-refractivity contribution in [2.75, 3.05) is 6.54 Å². The molecule has 0 aromatic heterocycles. The molecule has 0 heterocycles. The Kier molecular flexibility index (Phi) is 4.99. The third kappa shape index (κ3) is 5.38. The second kappa shape index (κ2) is 6.07. The van der Waals surface area contributed by atoms with Crippen LogP contribution in [0.2, 0.25) is 0 Å². The molecule has 18 heavy (non-hydrogen) atoms. The molecule has 104 valence electrons. The van der Waals surface area contributed by atoms with Crippen molar-refractivity contribution in [3.63, 3.8) is 0 Å². The fourth-order valence-electron chi connectivity index (χ4n) is 2.13. The molecule has 1 fully saturated rings. The van der Waals surface area contributed by atoms with Gasteiger partial charge in [0.25, 0.3) is 0 Å². The minimum Gasteiger partial charge on any atom is -0.481 e. The molecule has 0 aromatic carbocycles. The molecule has 0 bridgehead atoms. The fraction of sp³-hybridized carbons (Fsp3) is 0.846. The average molecular weight is 256 g/mol. The topological polar surface area (TPSA) is 78.4 Å². The normalized spacial score (nSPS) is 24.4. The Bertz CT molecular complexity index is 310. The maximum absolute atomic E-state index is 11.7. The molecule has 1 saturated carbocycles. The monoisotopic (exact) mass is 256 g/mol. The number of carbonyl (C=O) groups is 2. The van der Waals surface area contributed by atoms with Crippen LogP contribution in [0.15, 0.2) is 0 Å². The molecule has 2 unspecified atom stereocenters. The molecule has 2 atom stereocenters. The SMILES string of the molecule is CC(C)(C)CNC(=O)NC1CCCC(C(=O)O)C1. The number of hydrogen-bond acceptors (Lipinski definition) is 2. The van der Waals surface area contributed by atoms with Gasteiger partial charge >= 0.3 is 12.0 Å². The van der Waals surface area contributed by atoms with Gasteiger partial charge in [0, 0.05) is 12.6 Å². The lowest BCUT2D eigenvalue weighted by molar-refractivity contribution is -0.143. The zero-order valence-corrected chi connectivity index (χ0v) is 11.5. The largest absolute Gasteiger partial charge is 0.481 e. The first kappa shape index (κ1) is 14.8. The van der Waals surface area contributed by atoms with Crippen molar-refractivity contribution in [3.05, 3.63) is 0 Å². The lowest BCUT2D eigenvalue weighted by Gasteiger charge is -2.28. The van der Waals surface area contributed by atoms with Gasteiger partial charge in [-0.05, 0) is 24.7 Å². The lowest BCUT2D eigenvalue weighted by atomic mass is 9.86. The molecule has 2 amide bonds. The van der Waals surface area contributed by atoms with Crippen molar-refractivity contribution in [1.82, 2.24) is 10.6 Å². The number of nitrogens with one attached hydrogen (secondary N) is 2. The summed E-state index contributed by atoms with van der Waals surface area (Å²) >= 11 is 0. The summed E-state index contributed by atoms with van der Waals surface area (Å²) in [5, 5.41) is 14.7. The first-order valence-electron chi connectivity index (χ1n) is 6.55. The number of rotatable bonds is 3. The fourth-order valence-corrected chi connectivity index (χ4v) is 2.13. The van der Waals surface area contributed by atoms with Gasteiger partial charge in [-0.15, -0.1) is 0 Å². The van der Waals surface area contributed by atoms with Crippen LogP contribution in [0.1, 0.15) is 46.5 Å². The number of hydrogen-bond donors (Lipinski definition) is 3. The summed E-state index contributed by atoms with van der Waals surface area (Å²) in [6.07, 6.45) is 2.99. The molecule has 1 aliphatic rings. The van der Waals surface area contributed by atoms with Gasteiger partial charge in [0.1, 0.15) is 0 Å². The lowest BCUT2D eigenvalue weighted by Crippen LogP contribution is -2.46. The summed E-state index contributed by atoms with van der Waals surface area (Å²) in [6.45, 7) is 6.75. The molecule has 3 N–H and O–H groups in total. The minimum absolute atomic E-state index is 0.0141. The van der Waals surface area contributed by atoms with E-state index in [1.165, 1.54) is 0 Å². The van der Waals surface area contributed by atoms with Gasteiger partial charge in [-0.1, -0.05) is 27.2 Å². The highest BCUT2D eigenvalue weighted by atomic mass is 16.4. The highest BCUT2D eigenvalue weighted by molar-refractivity contribution is 5.74. The summed E-state index contributed by atoms with van der Waals surface area (Å²) in [6, 6.07) is -0.208. The number of urea groups is 1. The Morgan fingerprint density at radius 2 is 1.94 bits per heavy atom. The molecular weight excluding hydrogens is 232 g/mol. The molecule has 0 aromatic rings. The van der Waals surface area contributed by atoms with Crippen molar-refractivity contribution in [2.45, 2.75) is 52.5 Å². The van der Waals surface area contributed by atoms with Crippen LogP contribution < -0.4 is 10.6 Å². The molecular formula is C13H24N2O3. The van der Waals surface area contributed by atoms with Gasteiger partial charge in [-0.3, -0.25) is 4.79 Å². The molecule has 5 heteroatoms. The van der Waals surface area contributed by atoms with Crippen molar-refractivity contribution < 1.29 is 14.7 Å². The molecule has 5 nitrogen and oxygen atoms in total. The maximum atomic E-state index is 11.7. The van der Waals surface area contributed by atoms with E-state index in [0.29, 0.717) is 13.0 Å². The standard InChI is InChI=1S/C13H24N2O3/c1-13(2,3)8-14-12(18)15-10-6-4-5-9(7-10)11(16)17/h9-10H,4-8H2,1-3H3,(H,16,17)(H2,14,15,18). The molecule has 1 aliphatic carbocycles. The summed E-state index contributed by atoms with van der Waals surface area (Å²) in [5.74, 6) is -1.07. The highest BCUT2D eigenvalue weighted by Crippen LogP contribution is 2.24. The van der Waals surface area contributed by atoms with Gasteiger partial charge in [-0.25, -0.2) is 4.79 Å². The summed E-state index contributed by atoms with van der Waals surface area (Å²) < 4.78 is 0. The van der Waals surface area contributed by atoms with Crippen LogP contribution in [0.5, 0.6) is 0 Å². The van der Waals surface area contributed by atoms with Gasteiger partial charge < -0.3 is 15.7 Å². The molecule has 1 rings (SSSR count). The Morgan fingerprint density at radius 3 is 2.50 bits per heavy atom. The molecule has 0 spiro atoms. The quantitative estimate of drug-likeness (QED) is 0.722. The average Bonchev–Trinajstić information content (AvgIpc) is 2.26. The number of amides is 2. The third-order valence-electron chi connectivity index (χ3n) is 3.14. The van der Waals surface area contributed by atoms with Gasteiger partial charge in [0.2, 0.25) is 0 Å². The molecule has 0 saturated heterocycles. The van der Waals surface area contributed by atoms with Crippen LogP contribution in [0.25, 0.3) is 0 Å². The number of carbonyl (C=O) groups excluding carboxylic acids is 1. The van der Waals surface area contributed by atoms with Crippen LogP contribution in [0.4, 0.5) is 4.79 Å². The predicted octanol–water partition coefficient (Wildman–Crippen LogP) is 1.98. The van der Waals surface area contributed by atoms with E-state index in [2.05, 4.69) is 10.6 Å². The Morgan fingerprint density at radius 1 is 1.28 bits per heavy atom. The van der Waals surface area contributed by atoms with E-state index in [1.807, 2.05) is 20.8 Å². The van der Waals surface area contributed by atoms with Crippen LogP contribution in [-0.4, -0.2) is 29.7 Å². The number of carboxylic acid groups (broad SMARTS) is 1. The Labute approximate surface area is 108 Å². The Hall–Kier alpha value is -1.26. The van der Waals surface area contributed by atoms with E-state index < -0.39 is 5.97 Å². The van der Waals surface area contributed by atoms with Crippen LogP contribution in [-0.2, 0) is 4.79 Å². The first-order chi connectivity index (χ1) is 8.28. The first-order valence-corrected chi connectivity index (χ1v) is 6.55. The van der Waals surface area contributed by atoms with Gasteiger partial charge in [0.15, 0.2) is 0 Å². The van der Waals surface area contributed by atoms with Crippen LogP contribution in [0.3, 0.4) is 0 Å². The number of aliphatic carboxylic acids is 1. The summed E-state index contributed by atoms with van der Waals surface area (Å²) in [4.78, 5) is 22.6. The van der Waals surface area contributed by atoms with Crippen molar-refractivity contribution in [2.24, 2.45) is 11.3 Å². The molecule has 0 radical (unpaired) electrons. The van der Waals surface area contributed by atoms with E-state index in [-0.39, 0.29) is 23.4 Å². The van der Waals surface area contributed by atoms with Crippen molar-refractivity contribution >= 4 is 12.0 Å². The van der Waals surface area contributed by atoms with Gasteiger partial charge in [0.05, 0.1) is 5.92 Å². The zero-order chi connectivity index (χ0) is 13.8. The van der Waals surface area contributed by atoms with Crippen LogP contribution >= 0.6 is 0 Å². The summed E-state index contributed by atoms with van der Waals surface area (Å²) in [5.41, 5.74) is 0.0491. The predicted molar refractivity (Wildman–Crippen MR) is 69.4 cm³/mol. The zero-order valence-electron chi connectivity index (χ0n) is 11.5. The smallest absolute Gasteiger partial charge is 0.315 e. The van der Waals surface area contributed by atoms with E-state index in [1.54, 1.807) is 0 Å². The van der Waals surface area contributed by atoms with E-state index in [9.17, 15) is 9.59 Å². The minimum atomic E-state index is -0.753. The van der Waals surface area contributed by atoms with Crippen LogP contribution in [0, 0.1) is 11.3 Å². The second-order valence-corrected chi connectivity index (χ2v) is 6.29. The van der Waals surface area contributed by atoms with E-state index >= 15 is 0 Å². The summed E-state index contributed by atoms with van der Waals surface area (Å²) in [7, 11) is 0. The Balaban J connectivity index is 2.33. The molecule has 0 aliphatic heterocycles. The van der Waals surface area contributed by atoms with Crippen molar-refractivity contribution in [1.29, 1.82) is 0 Å². The number of carboxylic acids is 1. The maximum Gasteiger partial charge on any atom is 0.315 e.